The summed E-state index contributed by atoms with van der Waals surface area (Å²) in [7, 11) is 0. The maximum Gasteiger partial charge on any atom is 0.263 e. The van der Waals surface area contributed by atoms with E-state index >= 15 is 0 Å². The average molecular weight is 317 g/mol. The molecule has 0 N–H and O–H groups in total. The fourth-order valence-corrected chi connectivity index (χ4v) is 2.70. The monoisotopic (exact) mass is 317 g/mol. The molecular formula is C18H14F3NO. The number of hydrogen-bond donors (Lipinski definition) is 0. The van der Waals surface area contributed by atoms with Crippen LogP contribution < -0.4 is 5.56 Å². The first kappa shape index (κ1) is 15.3. The minimum Gasteiger partial charge on any atom is -0.278 e. The fourth-order valence-electron chi connectivity index (χ4n) is 2.70. The second-order valence-electron chi connectivity index (χ2n) is 5.35. The van der Waals surface area contributed by atoms with Crippen LogP contribution >= 0.6 is 0 Å². The number of rotatable bonds is 3. The van der Waals surface area contributed by atoms with E-state index < -0.39 is 23.0 Å². The predicted octanol–water partition coefficient (Wildman–Crippen LogP) is 4.36. The number of aromatic nitrogens is 1. The first-order valence-electron chi connectivity index (χ1n) is 7.31. The maximum atomic E-state index is 14.1. The molecule has 5 heteroatoms. The van der Waals surface area contributed by atoms with Gasteiger partial charge in [0.05, 0.1) is 11.1 Å². The van der Waals surface area contributed by atoms with Gasteiger partial charge in [-0.15, -0.1) is 0 Å². The Morgan fingerprint density at radius 1 is 0.957 bits per heavy atom. The predicted molar refractivity (Wildman–Crippen MR) is 83.4 cm³/mol. The third-order valence-electron chi connectivity index (χ3n) is 3.71. The number of fused-ring (bicyclic) bond motifs is 1. The SMILES string of the molecule is CCCc1cc2ccc(F)cc2c(=O)n1-c1cc(F)ccc1F. The zero-order chi connectivity index (χ0) is 16.6. The van der Waals surface area contributed by atoms with E-state index in [4.69, 9.17) is 0 Å². The zero-order valence-electron chi connectivity index (χ0n) is 12.4. The lowest BCUT2D eigenvalue weighted by Crippen LogP contribution is -2.23. The number of nitrogens with zero attached hydrogens (tertiary/aromatic N) is 1. The van der Waals surface area contributed by atoms with Crippen molar-refractivity contribution in [2.75, 3.05) is 0 Å². The van der Waals surface area contributed by atoms with Crippen LogP contribution in [-0.2, 0) is 6.42 Å². The minimum atomic E-state index is -0.707. The Morgan fingerprint density at radius 2 is 1.65 bits per heavy atom. The molecule has 0 unspecified atom stereocenters. The number of aryl methyl sites for hydroxylation is 1. The molecule has 23 heavy (non-hydrogen) atoms. The summed E-state index contributed by atoms with van der Waals surface area (Å²) in [6, 6.07) is 8.54. The zero-order valence-corrected chi connectivity index (χ0v) is 12.4. The Bertz CT molecular complexity index is 947. The van der Waals surface area contributed by atoms with Gasteiger partial charge in [0.2, 0.25) is 0 Å². The highest BCUT2D eigenvalue weighted by molar-refractivity contribution is 5.82. The van der Waals surface area contributed by atoms with E-state index in [1.54, 1.807) is 6.07 Å². The number of halogens is 3. The average Bonchev–Trinajstić information content (AvgIpc) is 2.52. The second kappa shape index (κ2) is 5.91. The summed E-state index contributed by atoms with van der Waals surface area (Å²) in [6.45, 7) is 1.92. The van der Waals surface area contributed by atoms with Crippen LogP contribution in [0.4, 0.5) is 13.2 Å². The Hall–Kier alpha value is -2.56. The van der Waals surface area contributed by atoms with Crippen molar-refractivity contribution in [3.8, 4) is 5.69 Å². The van der Waals surface area contributed by atoms with Gasteiger partial charge in [0.15, 0.2) is 0 Å². The van der Waals surface area contributed by atoms with Gasteiger partial charge in [-0.2, -0.15) is 0 Å². The van der Waals surface area contributed by atoms with Gasteiger partial charge >= 0.3 is 0 Å². The van der Waals surface area contributed by atoms with Gasteiger partial charge in [0, 0.05) is 11.8 Å². The standard InChI is InChI=1S/C18H14F3NO/c1-2-3-14-8-11-4-5-12(19)9-15(11)18(23)22(14)17-10-13(20)6-7-16(17)21/h4-10H,2-3H2,1H3. The molecule has 0 bridgehead atoms. The lowest BCUT2D eigenvalue weighted by Gasteiger charge is -2.15. The lowest BCUT2D eigenvalue weighted by molar-refractivity contribution is 0.588. The van der Waals surface area contributed by atoms with E-state index in [1.165, 1.54) is 12.1 Å². The minimum absolute atomic E-state index is 0.133. The van der Waals surface area contributed by atoms with Gasteiger partial charge < -0.3 is 0 Å². The molecule has 0 saturated heterocycles. The van der Waals surface area contributed by atoms with Crippen molar-refractivity contribution in [1.29, 1.82) is 0 Å². The van der Waals surface area contributed by atoms with Gasteiger partial charge in [-0.25, -0.2) is 13.2 Å². The third kappa shape index (κ3) is 2.74. The number of benzene rings is 2. The molecule has 1 heterocycles. The van der Waals surface area contributed by atoms with Gasteiger partial charge in [-0.3, -0.25) is 9.36 Å². The highest BCUT2D eigenvalue weighted by Gasteiger charge is 2.15. The molecule has 0 aliphatic carbocycles. The molecule has 0 radical (unpaired) electrons. The van der Waals surface area contributed by atoms with Crippen molar-refractivity contribution in [3.05, 3.63) is 76.0 Å². The molecule has 0 atom stereocenters. The smallest absolute Gasteiger partial charge is 0.263 e. The van der Waals surface area contributed by atoms with Crippen LogP contribution in [0.3, 0.4) is 0 Å². The van der Waals surface area contributed by atoms with Crippen LogP contribution in [0.5, 0.6) is 0 Å². The van der Waals surface area contributed by atoms with Crippen molar-refractivity contribution in [1.82, 2.24) is 4.57 Å². The van der Waals surface area contributed by atoms with E-state index in [-0.39, 0.29) is 11.1 Å². The Kier molecular flexibility index (Phi) is 3.94. The van der Waals surface area contributed by atoms with E-state index in [1.807, 2.05) is 6.92 Å². The molecule has 2 aromatic carbocycles. The van der Waals surface area contributed by atoms with Crippen LogP contribution in [0, 0.1) is 17.5 Å². The lowest BCUT2D eigenvalue weighted by atomic mass is 10.1. The largest absolute Gasteiger partial charge is 0.278 e. The first-order chi connectivity index (χ1) is 11.0. The first-order valence-corrected chi connectivity index (χ1v) is 7.31. The molecule has 118 valence electrons. The summed E-state index contributed by atoms with van der Waals surface area (Å²) in [5.74, 6) is -1.90. The normalized spacial score (nSPS) is 11.1. The molecular weight excluding hydrogens is 303 g/mol. The van der Waals surface area contributed by atoms with Crippen molar-refractivity contribution < 1.29 is 13.2 Å². The summed E-state index contributed by atoms with van der Waals surface area (Å²) in [4.78, 5) is 12.7. The van der Waals surface area contributed by atoms with Crippen LogP contribution in [0.1, 0.15) is 19.0 Å². The summed E-state index contributed by atoms with van der Waals surface area (Å²) >= 11 is 0. The fraction of sp³-hybridized carbons (Fsp3) is 0.167. The summed E-state index contributed by atoms with van der Waals surface area (Å²) in [5, 5.41) is 0.710. The molecule has 3 rings (SSSR count). The highest BCUT2D eigenvalue weighted by Crippen LogP contribution is 2.21. The van der Waals surface area contributed by atoms with Gasteiger partial charge in [0.1, 0.15) is 17.5 Å². The Balaban J connectivity index is 2.42. The molecule has 1 aromatic heterocycles. The van der Waals surface area contributed by atoms with Gasteiger partial charge in [-0.05, 0) is 42.1 Å². The molecule has 2 nitrogen and oxygen atoms in total. The third-order valence-corrected chi connectivity index (χ3v) is 3.71. The van der Waals surface area contributed by atoms with Crippen molar-refractivity contribution in [2.24, 2.45) is 0 Å². The van der Waals surface area contributed by atoms with Crippen LogP contribution in [0.2, 0.25) is 0 Å². The molecule has 0 saturated carbocycles. The molecule has 0 fully saturated rings. The second-order valence-corrected chi connectivity index (χ2v) is 5.35. The molecule has 0 spiro atoms. The number of hydrogen-bond acceptors (Lipinski definition) is 1. The molecule has 0 aliphatic rings. The van der Waals surface area contributed by atoms with Gasteiger partial charge in [0.25, 0.3) is 5.56 Å². The summed E-state index contributed by atoms with van der Waals surface area (Å²) in [6.07, 6.45) is 1.24. The van der Waals surface area contributed by atoms with Crippen LogP contribution in [0.15, 0.2) is 47.3 Å². The quantitative estimate of drug-likeness (QED) is 0.703. The van der Waals surface area contributed by atoms with E-state index in [0.717, 1.165) is 35.3 Å². The van der Waals surface area contributed by atoms with E-state index in [2.05, 4.69) is 0 Å². The van der Waals surface area contributed by atoms with Crippen LogP contribution in [-0.4, -0.2) is 4.57 Å². The molecule has 0 aliphatic heterocycles. The highest BCUT2D eigenvalue weighted by atomic mass is 19.1. The molecule has 0 amide bonds. The van der Waals surface area contributed by atoms with Crippen molar-refractivity contribution in [2.45, 2.75) is 19.8 Å². The molecule has 3 aromatic rings. The van der Waals surface area contributed by atoms with E-state index in [9.17, 15) is 18.0 Å². The maximum absolute atomic E-state index is 14.1. The van der Waals surface area contributed by atoms with Crippen LogP contribution in [0.25, 0.3) is 16.5 Å². The Labute approximate surface area is 130 Å². The van der Waals surface area contributed by atoms with E-state index in [0.29, 0.717) is 17.5 Å². The van der Waals surface area contributed by atoms with Gasteiger partial charge in [-0.1, -0.05) is 19.4 Å². The number of pyridine rings is 1. The van der Waals surface area contributed by atoms with Crippen molar-refractivity contribution >= 4 is 10.8 Å². The Morgan fingerprint density at radius 3 is 2.39 bits per heavy atom. The summed E-state index contributed by atoms with van der Waals surface area (Å²) in [5.41, 5.74) is -0.166. The summed E-state index contributed by atoms with van der Waals surface area (Å²) < 4.78 is 42.2. The van der Waals surface area contributed by atoms with Crippen molar-refractivity contribution in [3.63, 3.8) is 0 Å². The topological polar surface area (TPSA) is 22.0 Å².